The van der Waals surface area contributed by atoms with Gasteiger partial charge in [0.2, 0.25) is 0 Å². The van der Waals surface area contributed by atoms with Gasteiger partial charge in [0, 0.05) is 10.8 Å². The number of fused-ring (bicyclic) bond motifs is 2. The Morgan fingerprint density at radius 3 is 1.53 bits per heavy atom. The average Bonchev–Trinajstić information content (AvgIpc) is 3.53. The molecular weight excluding hydrogens is 569 g/mol. The Bertz CT molecular complexity index is 2710. The van der Waals surface area contributed by atoms with E-state index in [0.717, 1.165) is 11.2 Å². The summed E-state index contributed by atoms with van der Waals surface area (Å²) >= 11 is 0. The summed E-state index contributed by atoms with van der Waals surface area (Å²) in [5, 5.41) is 9.84. The van der Waals surface area contributed by atoms with Crippen molar-refractivity contribution in [1.29, 1.82) is 0 Å². The molecule has 1 nitrogen and oxygen atoms in total. The van der Waals surface area contributed by atoms with Crippen LogP contribution in [0.4, 0.5) is 0 Å². The maximum atomic E-state index is 6.34. The summed E-state index contributed by atoms with van der Waals surface area (Å²) in [5.74, 6) is 0. The molecule has 218 valence electrons. The zero-order chi connectivity index (χ0) is 30.9. The molecule has 0 aliphatic rings. The number of hydrogen-bond acceptors (Lipinski definition) is 1. The molecular formula is C46H28O. The molecule has 0 unspecified atom stereocenters. The van der Waals surface area contributed by atoms with Crippen molar-refractivity contribution in [3.8, 4) is 44.5 Å². The van der Waals surface area contributed by atoms with Gasteiger partial charge in [-0.2, -0.15) is 0 Å². The van der Waals surface area contributed by atoms with Gasteiger partial charge in [0.15, 0.2) is 0 Å². The largest absolute Gasteiger partial charge is 0.456 e. The third kappa shape index (κ3) is 3.90. The summed E-state index contributed by atoms with van der Waals surface area (Å²) in [6, 6.07) is 61.5. The number of furan rings is 1. The second kappa shape index (κ2) is 10.2. The Morgan fingerprint density at radius 1 is 0.277 bits per heavy atom. The van der Waals surface area contributed by atoms with Gasteiger partial charge in [0.1, 0.15) is 11.2 Å². The predicted octanol–water partition coefficient (Wildman–Crippen LogP) is 13.2. The van der Waals surface area contributed by atoms with Crippen LogP contribution in [0, 0.1) is 0 Å². The normalized spacial score (nSPS) is 11.8. The third-order valence-corrected chi connectivity index (χ3v) is 9.87. The topological polar surface area (TPSA) is 13.1 Å². The molecule has 0 saturated carbocycles. The summed E-state index contributed by atoms with van der Waals surface area (Å²) in [6.45, 7) is 0. The lowest BCUT2D eigenvalue weighted by molar-refractivity contribution is 0.669. The molecule has 0 N–H and O–H groups in total. The van der Waals surface area contributed by atoms with Gasteiger partial charge in [-0.25, -0.2) is 0 Å². The van der Waals surface area contributed by atoms with Crippen molar-refractivity contribution in [2.75, 3.05) is 0 Å². The van der Waals surface area contributed by atoms with Gasteiger partial charge in [-0.05, 0) is 95.0 Å². The van der Waals surface area contributed by atoms with Crippen molar-refractivity contribution >= 4 is 54.3 Å². The molecule has 0 aliphatic carbocycles. The Kier molecular flexibility index (Phi) is 5.64. The van der Waals surface area contributed by atoms with Crippen LogP contribution in [0.25, 0.3) is 98.8 Å². The SMILES string of the molecule is c1ccc(-c2ccc(-c3ccccc3-c3c4ccccc4c(-c4ccc5oc6cccc7ccc4c5c76)c4ccccc34)cc2)cc1. The minimum absolute atomic E-state index is 0.938. The van der Waals surface area contributed by atoms with E-state index >= 15 is 0 Å². The third-order valence-electron chi connectivity index (χ3n) is 9.87. The number of benzene rings is 9. The molecule has 47 heavy (non-hydrogen) atoms. The van der Waals surface area contributed by atoms with Crippen molar-refractivity contribution in [3.63, 3.8) is 0 Å². The highest BCUT2D eigenvalue weighted by Crippen LogP contribution is 2.49. The first-order chi connectivity index (χ1) is 23.3. The summed E-state index contributed by atoms with van der Waals surface area (Å²) in [4.78, 5) is 0. The van der Waals surface area contributed by atoms with E-state index in [9.17, 15) is 0 Å². The molecule has 0 amide bonds. The van der Waals surface area contributed by atoms with E-state index in [1.54, 1.807) is 0 Å². The summed E-state index contributed by atoms with van der Waals surface area (Å²) in [5.41, 5.74) is 11.8. The molecule has 1 aromatic heterocycles. The molecule has 10 rings (SSSR count). The molecule has 0 aliphatic heterocycles. The lowest BCUT2D eigenvalue weighted by Gasteiger charge is -2.20. The van der Waals surface area contributed by atoms with Crippen LogP contribution >= 0.6 is 0 Å². The van der Waals surface area contributed by atoms with Crippen molar-refractivity contribution in [1.82, 2.24) is 0 Å². The molecule has 0 atom stereocenters. The lowest BCUT2D eigenvalue weighted by atomic mass is 9.82. The predicted molar refractivity (Wildman–Crippen MR) is 199 cm³/mol. The van der Waals surface area contributed by atoms with Gasteiger partial charge in [-0.3, -0.25) is 0 Å². The van der Waals surface area contributed by atoms with E-state index in [1.807, 2.05) is 0 Å². The monoisotopic (exact) mass is 596 g/mol. The minimum atomic E-state index is 0.938. The van der Waals surface area contributed by atoms with E-state index < -0.39 is 0 Å². The Balaban J connectivity index is 1.25. The smallest absolute Gasteiger partial charge is 0.136 e. The van der Waals surface area contributed by atoms with Gasteiger partial charge < -0.3 is 4.42 Å². The maximum Gasteiger partial charge on any atom is 0.136 e. The Morgan fingerprint density at radius 2 is 0.830 bits per heavy atom. The molecule has 10 aromatic rings. The summed E-state index contributed by atoms with van der Waals surface area (Å²) in [7, 11) is 0. The van der Waals surface area contributed by atoms with Crippen LogP contribution < -0.4 is 0 Å². The highest BCUT2D eigenvalue weighted by atomic mass is 16.3. The van der Waals surface area contributed by atoms with Gasteiger partial charge in [-0.1, -0.05) is 152 Å². The van der Waals surface area contributed by atoms with Crippen LogP contribution in [0.15, 0.2) is 174 Å². The molecule has 0 fully saturated rings. The van der Waals surface area contributed by atoms with Crippen LogP contribution in [-0.2, 0) is 0 Å². The lowest BCUT2D eigenvalue weighted by Crippen LogP contribution is -1.93. The highest BCUT2D eigenvalue weighted by molar-refractivity contribution is 6.29. The first-order valence-corrected chi connectivity index (χ1v) is 16.2. The maximum absolute atomic E-state index is 6.34. The fourth-order valence-corrected chi connectivity index (χ4v) is 7.80. The molecule has 9 aromatic carbocycles. The zero-order valence-electron chi connectivity index (χ0n) is 25.6. The first-order valence-electron chi connectivity index (χ1n) is 16.2. The van der Waals surface area contributed by atoms with Gasteiger partial charge in [0.05, 0.1) is 0 Å². The van der Waals surface area contributed by atoms with Crippen molar-refractivity contribution in [2.24, 2.45) is 0 Å². The van der Waals surface area contributed by atoms with E-state index in [0.29, 0.717) is 0 Å². The van der Waals surface area contributed by atoms with Crippen LogP contribution in [0.5, 0.6) is 0 Å². The van der Waals surface area contributed by atoms with Crippen LogP contribution in [-0.4, -0.2) is 0 Å². The molecule has 0 saturated heterocycles. The van der Waals surface area contributed by atoms with Gasteiger partial charge in [0.25, 0.3) is 0 Å². The number of hydrogen-bond donors (Lipinski definition) is 0. The Labute approximate surface area is 272 Å². The van der Waals surface area contributed by atoms with Crippen molar-refractivity contribution in [2.45, 2.75) is 0 Å². The fraction of sp³-hybridized carbons (Fsp3) is 0. The second-order valence-electron chi connectivity index (χ2n) is 12.4. The van der Waals surface area contributed by atoms with Crippen LogP contribution in [0.2, 0.25) is 0 Å². The standard InChI is InChI=1S/C46H28O/c1-2-11-29(12-3-1)30-21-23-31(24-22-30)33-14-4-5-15-34(33)44-35-16-6-8-18-37(35)45(38-19-9-7-17-36(38)44)39-27-28-42-46-40(39)26-25-32-13-10-20-41(47-42)43(32)46/h1-28H. The van der Waals surface area contributed by atoms with E-state index in [4.69, 9.17) is 4.42 Å². The van der Waals surface area contributed by atoms with E-state index in [1.165, 1.54) is 87.6 Å². The first kappa shape index (κ1) is 26.1. The molecule has 0 spiro atoms. The van der Waals surface area contributed by atoms with E-state index in [-0.39, 0.29) is 0 Å². The molecule has 1 heteroatoms. The highest BCUT2D eigenvalue weighted by Gasteiger charge is 2.22. The van der Waals surface area contributed by atoms with Gasteiger partial charge >= 0.3 is 0 Å². The van der Waals surface area contributed by atoms with Crippen LogP contribution in [0.3, 0.4) is 0 Å². The molecule has 0 radical (unpaired) electrons. The zero-order valence-corrected chi connectivity index (χ0v) is 25.6. The van der Waals surface area contributed by atoms with E-state index in [2.05, 4.69) is 170 Å². The number of rotatable bonds is 4. The van der Waals surface area contributed by atoms with Crippen molar-refractivity contribution in [3.05, 3.63) is 170 Å². The summed E-state index contributed by atoms with van der Waals surface area (Å²) < 4.78 is 6.34. The van der Waals surface area contributed by atoms with Gasteiger partial charge in [-0.15, -0.1) is 0 Å². The quantitative estimate of drug-likeness (QED) is 0.145. The summed E-state index contributed by atoms with van der Waals surface area (Å²) in [6.07, 6.45) is 0. The minimum Gasteiger partial charge on any atom is -0.456 e. The molecule has 0 bridgehead atoms. The van der Waals surface area contributed by atoms with Crippen LogP contribution in [0.1, 0.15) is 0 Å². The van der Waals surface area contributed by atoms with Crippen molar-refractivity contribution < 1.29 is 4.42 Å². The average molecular weight is 597 g/mol. The molecule has 1 heterocycles. The fourth-order valence-electron chi connectivity index (χ4n) is 7.80. The second-order valence-corrected chi connectivity index (χ2v) is 12.4. The Hall–Kier alpha value is -6.18.